The van der Waals surface area contributed by atoms with Crippen LogP contribution in [-0.2, 0) is 0 Å². The molecule has 0 radical (unpaired) electrons. The van der Waals surface area contributed by atoms with Gasteiger partial charge < -0.3 is 15.7 Å². The van der Waals surface area contributed by atoms with Crippen molar-refractivity contribution >= 4 is 11.4 Å². The molecule has 0 aliphatic heterocycles. The molecule has 1 aromatic heterocycles. The lowest BCUT2D eigenvalue weighted by atomic mass is 9.94. The molecule has 0 fully saturated rings. The van der Waals surface area contributed by atoms with Crippen molar-refractivity contribution in [3.8, 4) is 0 Å². The van der Waals surface area contributed by atoms with Crippen LogP contribution in [0.1, 0.15) is 26.7 Å². The second-order valence-corrected chi connectivity index (χ2v) is 4.23. The smallest absolute Gasteiger partial charge is 0.0551 e. The van der Waals surface area contributed by atoms with E-state index in [1.807, 2.05) is 13.1 Å². The number of aliphatic hydroxyl groups is 1. The third-order valence-electron chi connectivity index (χ3n) is 2.92. The van der Waals surface area contributed by atoms with Gasteiger partial charge in [0.2, 0.25) is 0 Å². The van der Waals surface area contributed by atoms with Crippen LogP contribution >= 0.6 is 0 Å². The van der Waals surface area contributed by atoms with E-state index in [0.717, 1.165) is 24.2 Å². The monoisotopic (exact) mass is 223 g/mol. The summed E-state index contributed by atoms with van der Waals surface area (Å²) in [5.41, 5.74) is 1.88. The molecule has 1 aromatic rings. The lowest BCUT2D eigenvalue weighted by Crippen LogP contribution is -2.35. The minimum Gasteiger partial charge on any atom is -0.396 e. The molecule has 0 aliphatic carbocycles. The number of anilines is 2. The molecule has 0 saturated carbocycles. The van der Waals surface area contributed by atoms with Crippen molar-refractivity contribution in [3.05, 3.63) is 18.5 Å². The number of nitrogens with one attached hydrogen (secondary N) is 2. The summed E-state index contributed by atoms with van der Waals surface area (Å²) in [6.07, 6.45) is 5.26. The molecule has 0 spiro atoms. The standard InChI is InChI=1S/C12H21N3O/c1-4-12(2,5-6-16)15-11-7-10(13-3)8-14-9-11/h7-9,13,15-16H,4-6H2,1-3H3. The molecule has 3 N–H and O–H groups in total. The number of aliphatic hydroxyl groups excluding tert-OH is 1. The van der Waals surface area contributed by atoms with E-state index >= 15 is 0 Å². The highest BCUT2D eigenvalue weighted by atomic mass is 16.3. The topological polar surface area (TPSA) is 57.2 Å². The van der Waals surface area contributed by atoms with Crippen LogP contribution in [0.5, 0.6) is 0 Å². The number of pyridine rings is 1. The van der Waals surface area contributed by atoms with E-state index in [9.17, 15) is 0 Å². The Morgan fingerprint density at radius 2 is 2.06 bits per heavy atom. The summed E-state index contributed by atoms with van der Waals surface area (Å²) < 4.78 is 0. The summed E-state index contributed by atoms with van der Waals surface area (Å²) in [5.74, 6) is 0. The van der Waals surface area contributed by atoms with Crippen molar-refractivity contribution < 1.29 is 5.11 Å². The van der Waals surface area contributed by atoms with Gasteiger partial charge in [-0.2, -0.15) is 0 Å². The van der Waals surface area contributed by atoms with Crippen LogP contribution < -0.4 is 10.6 Å². The zero-order valence-corrected chi connectivity index (χ0v) is 10.2. The molecule has 0 aliphatic rings. The maximum absolute atomic E-state index is 9.04. The molecule has 1 atom stereocenters. The summed E-state index contributed by atoms with van der Waals surface area (Å²) in [4.78, 5) is 4.15. The number of hydrogen-bond acceptors (Lipinski definition) is 4. The number of nitrogens with zero attached hydrogens (tertiary/aromatic N) is 1. The normalized spacial score (nSPS) is 14.2. The first-order valence-electron chi connectivity index (χ1n) is 5.65. The molecule has 90 valence electrons. The molecule has 0 bridgehead atoms. The summed E-state index contributed by atoms with van der Waals surface area (Å²) in [5, 5.41) is 15.5. The lowest BCUT2D eigenvalue weighted by molar-refractivity contribution is 0.252. The molecule has 4 heteroatoms. The molecule has 1 unspecified atom stereocenters. The van der Waals surface area contributed by atoms with E-state index in [1.54, 1.807) is 12.4 Å². The Kier molecular flexibility index (Phi) is 4.55. The first kappa shape index (κ1) is 12.8. The molecule has 16 heavy (non-hydrogen) atoms. The Labute approximate surface area is 97.1 Å². The molecule has 0 amide bonds. The van der Waals surface area contributed by atoms with E-state index in [1.165, 1.54) is 0 Å². The highest BCUT2D eigenvalue weighted by molar-refractivity contribution is 5.54. The average molecular weight is 223 g/mol. The minimum absolute atomic E-state index is 0.0806. The second kappa shape index (κ2) is 5.70. The van der Waals surface area contributed by atoms with Crippen LogP contribution in [0, 0.1) is 0 Å². The SMILES string of the molecule is CCC(C)(CCO)Nc1cncc(NC)c1. The average Bonchev–Trinajstić information content (AvgIpc) is 2.29. The third kappa shape index (κ3) is 3.38. The highest BCUT2D eigenvalue weighted by Crippen LogP contribution is 2.22. The molecule has 1 rings (SSSR count). The predicted octanol–water partition coefficient (Wildman–Crippen LogP) is 2.09. The van der Waals surface area contributed by atoms with Crippen molar-refractivity contribution in [1.29, 1.82) is 0 Å². The molecule has 0 aromatic carbocycles. The fourth-order valence-corrected chi connectivity index (χ4v) is 1.57. The van der Waals surface area contributed by atoms with Gasteiger partial charge in [0.1, 0.15) is 0 Å². The van der Waals surface area contributed by atoms with E-state index in [0.29, 0.717) is 0 Å². The summed E-state index contributed by atoms with van der Waals surface area (Å²) in [6.45, 7) is 4.41. The van der Waals surface area contributed by atoms with E-state index < -0.39 is 0 Å². The van der Waals surface area contributed by atoms with Crippen molar-refractivity contribution in [1.82, 2.24) is 4.98 Å². The van der Waals surface area contributed by atoms with Gasteiger partial charge in [-0.15, -0.1) is 0 Å². The minimum atomic E-state index is -0.0806. The van der Waals surface area contributed by atoms with Gasteiger partial charge in [-0.3, -0.25) is 4.98 Å². The van der Waals surface area contributed by atoms with Crippen LogP contribution in [0.15, 0.2) is 18.5 Å². The van der Waals surface area contributed by atoms with E-state index in [4.69, 9.17) is 5.11 Å². The maximum atomic E-state index is 9.04. The number of rotatable bonds is 6. The van der Waals surface area contributed by atoms with Gasteiger partial charge in [0, 0.05) is 19.2 Å². The predicted molar refractivity (Wildman–Crippen MR) is 67.8 cm³/mol. The molecular formula is C12H21N3O. The third-order valence-corrected chi connectivity index (χ3v) is 2.92. The zero-order valence-electron chi connectivity index (χ0n) is 10.2. The van der Waals surface area contributed by atoms with Crippen molar-refractivity contribution in [3.63, 3.8) is 0 Å². The van der Waals surface area contributed by atoms with Gasteiger partial charge in [0.05, 0.1) is 23.8 Å². The van der Waals surface area contributed by atoms with Crippen LogP contribution in [-0.4, -0.2) is 29.3 Å². The molecular weight excluding hydrogens is 202 g/mol. The van der Waals surface area contributed by atoms with Gasteiger partial charge in [-0.1, -0.05) is 6.92 Å². The molecule has 1 heterocycles. The summed E-state index contributed by atoms with van der Waals surface area (Å²) in [7, 11) is 1.87. The van der Waals surface area contributed by atoms with Gasteiger partial charge in [0.25, 0.3) is 0 Å². The second-order valence-electron chi connectivity index (χ2n) is 4.23. The van der Waals surface area contributed by atoms with Crippen molar-refractivity contribution in [2.45, 2.75) is 32.2 Å². The Morgan fingerprint density at radius 1 is 1.38 bits per heavy atom. The van der Waals surface area contributed by atoms with Gasteiger partial charge >= 0.3 is 0 Å². The fraction of sp³-hybridized carbons (Fsp3) is 0.583. The van der Waals surface area contributed by atoms with Crippen molar-refractivity contribution in [2.24, 2.45) is 0 Å². The lowest BCUT2D eigenvalue weighted by Gasteiger charge is -2.30. The number of hydrogen-bond donors (Lipinski definition) is 3. The van der Waals surface area contributed by atoms with E-state index in [2.05, 4.69) is 29.5 Å². The van der Waals surface area contributed by atoms with Gasteiger partial charge in [-0.05, 0) is 25.8 Å². The van der Waals surface area contributed by atoms with Crippen LogP contribution in [0.25, 0.3) is 0 Å². The number of aromatic nitrogens is 1. The Balaban J connectivity index is 2.77. The maximum Gasteiger partial charge on any atom is 0.0551 e. The Morgan fingerprint density at radius 3 is 2.62 bits per heavy atom. The summed E-state index contributed by atoms with van der Waals surface area (Å²) >= 11 is 0. The van der Waals surface area contributed by atoms with Gasteiger partial charge in [-0.25, -0.2) is 0 Å². The molecule has 0 saturated heterocycles. The van der Waals surface area contributed by atoms with Crippen LogP contribution in [0.2, 0.25) is 0 Å². The Hall–Kier alpha value is -1.29. The largest absolute Gasteiger partial charge is 0.396 e. The quantitative estimate of drug-likeness (QED) is 0.691. The summed E-state index contributed by atoms with van der Waals surface area (Å²) in [6, 6.07) is 2.01. The first-order chi connectivity index (χ1) is 7.63. The van der Waals surface area contributed by atoms with E-state index in [-0.39, 0.29) is 12.1 Å². The highest BCUT2D eigenvalue weighted by Gasteiger charge is 2.20. The van der Waals surface area contributed by atoms with Crippen LogP contribution in [0.4, 0.5) is 11.4 Å². The zero-order chi connectivity index (χ0) is 12.0. The molecule has 4 nitrogen and oxygen atoms in total. The fourth-order valence-electron chi connectivity index (χ4n) is 1.57. The van der Waals surface area contributed by atoms with Crippen molar-refractivity contribution in [2.75, 3.05) is 24.3 Å². The van der Waals surface area contributed by atoms with Crippen LogP contribution in [0.3, 0.4) is 0 Å². The van der Waals surface area contributed by atoms with Gasteiger partial charge in [0.15, 0.2) is 0 Å². The Bertz CT molecular complexity index is 330. The first-order valence-corrected chi connectivity index (χ1v) is 5.65.